The Morgan fingerprint density at radius 3 is 2.62 bits per heavy atom. The number of nitrogens with one attached hydrogen (secondary N) is 1. The minimum atomic E-state index is -4.60. The fraction of sp³-hybridized carbons (Fsp3) is 0.286. The Bertz CT molecular complexity index is 531. The highest BCUT2D eigenvalue weighted by Gasteiger charge is 2.36. The maximum Gasteiger partial charge on any atom is 0.453 e. The molecule has 0 saturated heterocycles. The highest BCUT2D eigenvalue weighted by molar-refractivity contribution is 5.44. The second-order valence-corrected chi connectivity index (χ2v) is 3.07. The van der Waals surface area contributed by atoms with E-state index < -0.39 is 12.0 Å². The summed E-state index contributed by atoms with van der Waals surface area (Å²) in [6.07, 6.45) is -4.60. The Labute approximate surface area is 87.3 Å². The number of anilines is 1. The highest BCUT2D eigenvalue weighted by Crippen LogP contribution is 2.26. The Balaban J connectivity index is 2.70. The fourth-order valence-electron chi connectivity index (χ4n) is 1.21. The summed E-state index contributed by atoms with van der Waals surface area (Å²) in [5, 5.41) is 3.27. The summed E-state index contributed by atoms with van der Waals surface area (Å²) < 4.78 is 37.9. The predicted molar refractivity (Wildman–Crippen MR) is 48.3 cm³/mol. The zero-order valence-electron chi connectivity index (χ0n) is 8.08. The molecule has 2 heterocycles. The molecule has 16 heavy (non-hydrogen) atoms. The summed E-state index contributed by atoms with van der Waals surface area (Å²) in [6.45, 7) is 1.61. The van der Waals surface area contributed by atoms with Crippen LogP contribution >= 0.6 is 0 Å². The quantitative estimate of drug-likeness (QED) is 0.559. The van der Waals surface area contributed by atoms with Gasteiger partial charge in [0.25, 0.3) is 11.6 Å². The number of fused-ring (bicyclic) bond motifs is 1. The van der Waals surface area contributed by atoms with Crippen molar-refractivity contribution in [2.24, 2.45) is 5.84 Å². The number of nitrogens with two attached hydrogens (primary N) is 1. The summed E-state index contributed by atoms with van der Waals surface area (Å²) in [5.74, 6) is 3.94. The average Bonchev–Trinajstić information content (AvgIpc) is 2.59. The number of nitrogens with zero attached hydrogens (tertiary/aromatic N) is 4. The Morgan fingerprint density at radius 2 is 2.06 bits per heavy atom. The molecule has 6 nitrogen and oxygen atoms in total. The summed E-state index contributed by atoms with van der Waals surface area (Å²) in [7, 11) is 0. The molecule has 0 spiro atoms. The number of aryl methyl sites for hydroxylation is 1. The van der Waals surface area contributed by atoms with Gasteiger partial charge in [0.2, 0.25) is 0 Å². The summed E-state index contributed by atoms with van der Waals surface area (Å²) >= 11 is 0. The lowest BCUT2D eigenvalue weighted by Gasteiger charge is -2.02. The molecule has 0 radical (unpaired) electrons. The van der Waals surface area contributed by atoms with E-state index in [1.54, 1.807) is 6.92 Å². The van der Waals surface area contributed by atoms with Gasteiger partial charge in [0.1, 0.15) is 5.82 Å². The third-order valence-corrected chi connectivity index (χ3v) is 1.84. The number of rotatable bonds is 1. The maximum atomic E-state index is 12.3. The maximum absolute atomic E-state index is 12.3. The van der Waals surface area contributed by atoms with E-state index >= 15 is 0 Å². The minimum Gasteiger partial charge on any atom is -0.308 e. The van der Waals surface area contributed by atoms with Crippen LogP contribution in [0.4, 0.5) is 19.0 Å². The Morgan fingerprint density at radius 1 is 1.38 bits per heavy atom. The molecule has 0 aliphatic carbocycles. The first-order chi connectivity index (χ1) is 7.41. The molecular formula is C7H7F3N6. The summed E-state index contributed by atoms with van der Waals surface area (Å²) in [6, 6.07) is 1.46. The van der Waals surface area contributed by atoms with Crippen molar-refractivity contribution in [1.29, 1.82) is 0 Å². The van der Waals surface area contributed by atoms with Crippen LogP contribution in [0.15, 0.2) is 6.07 Å². The Hall–Kier alpha value is -1.90. The van der Waals surface area contributed by atoms with Gasteiger partial charge in [-0.25, -0.2) is 10.8 Å². The van der Waals surface area contributed by atoms with Gasteiger partial charge < -0.3 is 5.43 Å². The molecule has 0 bridgehead atoms. The van der Waals surface area contributed by atoms with Crippen LogP contribution in [-0.2, 0) is 6.18 Å². The summed E-state index contributed by atoms with van der Waals surface area (Å²) in [4.78, 5) is 7.09. The van der Waals surface area contributed by atoms with Gasteiger partial charge in [-0.3, -0.25) is 0 Å². The third-order valence-electron chi connectivity index (χ3n) is 1.84. The lowest BCUT2D eigenvalue weighted by atomic mass is 10.4. The smallest absolute Gasteiger partial charge is 0.308 e. The molecule has 0 atom stereocenters. The molecule has 0 unspecified atom stereocenters. The molecular weight excluding hydrogens is 225 g/mol. The van der Waals surface area contributed by atoms with Gasteiger partial charge in [-0.2, -0.15) is 22.7 Å². The van der Waals surface area contributed by atoms with Gasteiger partial charge >= 0.3 is 6.18 Å². The van der Waals surface area contributed by atoms with Crippen molar-refractivity contribution in [3.05, 3.63) is 17.6 Å². The van der Waals surface area contributed by atoms with Crippen LogP contribution in [0.3, 0.4) is 0 Å². The minimum absolute atomic E-state index is 0.153. The van der Waals surface area contributed by atoms with Crippen LogP contribution in [0.2, 0.25) is 0 Å². The number of hydrazine groups is 1. The number of halogens is 3. The summed E-state index contributed by atoms with van der Waals surface area (Å²) in [5.41, 5.74) is 2.72. The number of hydrogen-bond donors (Lipinski definition) is 2. The monoisotopic (exact) mass is 232 g/mol. The number of nitrogen functional groups attached to an aromatic ring is 1. The predicted octanol–water partition coefficient (Wildman–Crippen LogP) is 0.737. The number of alkyl halides is 3. The molecule has 0 aromatic carbocycles. The van der Waals surface area contributed by atoms with E-state index in [4.69, 9.17) is 5.84 Å². The van der Waals surface area contributed by atoms with E-state index in [0.29, 0.717) is 5.69 Å². The third kappa shape index (κ3) is 1.65. The Kier molecular flexibility index (Phi) is 2.19. The standard InChI is InChI=1S/C7H7F3N6/c1-3-2-4(14-11)16-6(12-3)13-5(15-16)7(8,9)10/h2,14H,11H2,1H3. The molecule has 3 N–H and O–H groups in total. The van der Waals surface area contributed by atoms with Gasteiger partial charge in [-0.1, -0.05) is 0 Å². The molecule has 9 heteroatoms. The molecule has 2 rings (SSSR count). The van der Waals surface area contributed by atoms with Crippen LogP contribution in [0, 0.1) is 6.92 Å². The topological polar surface area (TPSA) is 81.1 Å². The molecule has 2 aromatic heterocycles. The average molecular weight is 232 g/mol. The van der Waals surface area contributed by atoms with E-state index in [1.165, 1.54) is 6.07 Å². The van der Waals surface area contributed by atoms with Crippen LogP contribution in [0.5, 0.6) is 0 Å². The second kappa shape index (κ2) is 3.30. The van der Waals surface area contributed by atoms with Crippen molar-refractivity contribution in [3.63, 3.8) is 0 Å². The first kappa shape index (κ1) is 10.6. The van der Waals surface area contributed by atoms with E-state index in [-0.39, 0.29) is 11.6 Å². The first-order valence-corrected chi connectivity index (χ1v) is 4.20. The van der Waals surface area contributed by atoms with Crippen molar-refractivity contribution in [2.75, 3.05) is 5.43 Å². The molecule has 0 fully saturated rings. The molecule has 2 aromatic rings. The SMILES string of the molecule is Cc1cc(NN)n2nc(C(F)(F)F)nc2n1. The van der Waals surface area contributed by atoms with Crippen LogP contribution in [0.1, 0.15) is 11.5 Å². The molecule has 0 aliphatic heterocycles. The molecule has 0 aliphatic rings. The van der Waals surface area contributed by atoms with Gasteiger partial charge in [0.05, 0.1) is 0 Å². The first-order valence-electron chi connectivity index (χ1n) is 4.20. The normalized spacial score (nSPS) is 12.1. The van der Waals surface area contributed by atoms with Gasteiger partial charge in [-0.15, -0.1) is 5.10 Å². The van der Waals surface area contributed by atoms with Gasteiger partial charge in [-0.05, 0) is 6.92 Å². The van der Waals surface area contributed by atoms with E-state index in [9.17, 15) is 13.2 Å². The van der Waals surface area contributed by atoms with Gasteiger partial charge in [0, 0.05) is 11.8 Å². The van der Waals surface area contributed by atoms with Crippen molar-refractivity contribution in [3.8, 4) is 0 Å². The lowest BCUT2D eigenvalue weighted by molar-refractivity contribution is -0.144. The van der Waals surface area contributed by atoms with Gasteiger partial charge in [0.15, 0.2) is 0 Å². The molecule has 0 saturated carbocycles. The van der Waals surface area contributed by atoms with Crippen molar-refractivity contribution < 1.29 is 13.2 Å². The largest absolute Gasteiger partial charge is 0.453 e. The van der Waals surface area contributed by atoms with Crippen molar-refractivity contribution in [2.45, 2.75) is 13.1 Å². The molecule has 86 valence electrons. The van der Waals surface area contributed by atoms with E-state index in [0.717, 1.165) is 4.52 Å². The highest BCUT2D eigenvalue weighted by atomic mass is 19.4. The zero-order chi connectivity index (χ0) is 11.9. The lowest BCUT2D eigenvalue weighted by Crippen LogP contribution is -2.13. The fourth-order valence-corrected chi connectivity index (χ4v) is 1.21. The molecule has 0 amide bonds. The number of hydrogen-bond acceptors (Lipinski definition) is 5. The van der Waals surface area contributed by atoms with Crippen molar-refractivity contribution in [1.82, 2.24) is 19.6 Å². The van der Waals surface area contributed by atoms with Crippen LogP contribution < -0.4 is 11.3 Å². The van der Waals surface area contributed by atoms with Crippen LogP contribution in [-0.4, -0.2) is 19.6 Å². The second-order valence-electron chi connectivity index (χ2n) is 3.07. The van der Waals surface area contributed by atoms with Crippen LogP contribution in [0.25, 0.3) is 5.78 Å². The van der Waals surface area contributed by atoms with E-state index in [1.807, 2.05) is 0 Å². The zero-order valence-corrected chi connectivity index (χ0v) is 8.08. The number of aromatic nitrogens is 4. The van der Waals surface area contributed by atoms with E-state index in [2.05, 4.69) is 20.5 Å². The van der Waals surface area contributed by atoms with Crippen molar-refractivity contribution >= 4 is 11.6 Å².